The van der Waals surface area contributed by atoms with Gasteiger partial charge in [-0.05, 0) is 77.4 Å². The molecule has 1 atom stereocenters. The SMILES string of the molecule is C=C(C)CCNC(=C)c1ccc(C(CC(=C)c2ccc(Cl)c(Cl)c2)C(=C)c2cccc(OC(F)(F)F)c2)cc1. The molecule has 0 bridgehead atoms. The number of hydrogen-bond donors (Lipinski definition) is 1. The Morgan fingerprint density at radius 1 is 0.872 bits per heavy atom. The van der Waals surface area contributed by atoms with Gasteiger partial charge in [0.1, 0.15) is 5.75 Å². The highest BCUT2D eigenvalue weighted by Gasteiger charge is 2.31. The fraction of sp³-hybridized carbons (Fsp3) is 0.188. The Hall–Kier alpha value is -3.41. The normalized spacial score (nSPS) is 11.9. The Morgan fingerprint density at radius 3 is 2.15 bits per heavy atom. The predicted molar refractivity (Wildman–Crippen MR) is 158 cm³/mol. The van der Waals surface area contributed by atoms with E-state index in [1.54, 1.807) is 18.2 Å². The molecular weight excluding hydrogens is 542 g/mol. The second-order valence-electron chi connectivity index (χ2n) is 9.32. The quantitative estimate of drug-likeness (QED) is 0.218. The van der Waals surface area contributed by atoms with Crippen LogP contribution in [0.1, 0.15) is 47.9 Å². The van der Waals surface area contributed by atoms with Gasteiger partial charge in [-0.1, -0.05) is 91.0 Å². The predicted octanol–water partition coefficient (Wildman–Crippen LogP) is 10.3. The van der Waals surface area contributed by atoms with Gasteiger partial charge in [0.05, 0.1) is 10.0 Å². The Kier molecular flexibility index (Phi) is 10.1. The highest BCUT2D eigenvalue weighted by atomic mass is 35.5. The minimum Gasteiger partial charge on any atom is -0.406 e. The van der Waals surface area contributed by atoms with Crippen molar-refractivity contribution in [3.8, 4) is 5.75 Å². The van der Waals surface area contributed by atoms with E-state index in [-0.39, 0.29) is 11.7 Å². The van der Waals surface area contributed by atoms with E-state index >= 15 is 0 Å². The van der Waals surface area contributed by atoms with Crippen LogP contribution in [-0.2, 0) is 0 Å². The van der Waals surface area contributed by atoms with Gasteiger partial charge in [0, 0.05) is 18.2 Å². The summed E-state index contributed by atoms with van der Waals surface area (Å²) in [7, 11) is 0. The lowest BCUT2D eigenvalue weighted by molar-refractivity contribution is -0.274. The third-order valence-electron chi connectivity index (χ3n) is 6.19. The fourth-order valence-corrected chi connectivity index (χ4v) is 4.36. The number of hydrogen-bond acceptors (Lipinski definition) is 2. The van der Waals surface area contributed by atoms with Gasteiger partial charge >= 0.3 is 6.36 Å². The lowest BCUT2D eigenvalue weighted by Gasteiger charge is -2.23. The summed E-state index contributed by atoms with van der Waals surface area (Å²) in [6, 6.07) is 18.9. The number of alkyl halides is 3. The Bertz CT molecular complexity index is 1380. The molecule has 0 radical (unpaired) electrons. The second-order valence-corrected chi connectivity index (χ2v) is 10.1. The highest BCUT2D eigenvalue weighted by Crippen LogP contribution is 2.40. The lowest BCUT2D eigenvalue weighted by atomic mass is 9.81. The van der Waals surface area contributed by atoms with Crippen molar-refractivity contribution in [2.45, 2.75) is 32.0 Å². The summed E-state index contributed by atoms with van der Waals surface area (Å²) in [5.74, 6) is -0.609. The van der Waals surface area contributed by atoms with Gasteiger partial charge in [-0.2, -0.15) is 0 Å². The maximum atomic E-state index is 12.8. The summed E-state index contributed by atoms with van der Waals surface area (Å²) in [4.78, 5) is 0. The van der Waals surface area contributed by atoms with Crippen LogP contribution in [0, 0.1) is 0 Å². The summed E-state index contributed by atoms with van der Waals surface area (Å²) < 4.78 is 42.7. The molecule has 39 heavy (non-hydrogen) atoms. The van der Waals surface area contributed by atoms with Crippen molar-refractivity contribution >= 4 is 40.0 Å². The first-order valence-electron chi connectivity index (χ1n) is 12.2. The molecule has 1 N–H and O–H groups in total. The zero-order valence-corrected chi connectivity index (χ0v) is 23.2. The zero-order valence-electron chi connectivity index (χ0n) is 21.7. The van der Waals surface area contributed by atoms with E-state index in [1.807, 2.05) is 37.3 Å². The maximum absolute atomic E-state index is 12.8. The fourth-order valence-electron chi connectivity index (χ4n) is 4.06. The molecule has 0 saturated carbocycles. The second kappa shape index (κ2) is 13.1. The standard InChI is InChI=1S/C32H30Cl2F3NO/c1-20(2)15-16-38-23(5)24-9-11-25(12-10-24)29(17-21(3)26-13-14-30(33)31(34)19-26)22(4)27-7-6-8-28(18-27)39-32(35,36)37/h6-14,18-19,29,38H,1,3-5,15-17H2,2H3. The van der Waals surface area contributed by atoms with Gasteiger partial charge in [-0.25, -0.2) is 0 Å². The van der Waals surface area contributed by atoms with Crippen molar-refractivity contribution in [1.82, 2.24) is 5.32 Å². The van der Waals surface area contributed by atoms with Gasteiger partial charge in [0.25, 0.3) is 0 Å². The van der Waals surface area contributed by atoms with Gasteiger partial charge < -0.3 is 10.1 Å². The van der Waals surface area contributed by atoms with Crippen molar-refractivity contribution in [3.63, 3.8) is 0 Å². The Labute approximate surface area is 238 Å². The largest absolute Gasteiger partial charge is 0.573 e. The van der Waals surface area contributed by atoms with E-state index in [1.165, 1.54) is 18.2 Å². The van der Waals surface area contributed by atoms with Crippen LogP contribution in [0.25, 0.3) is 16.8 Å². The van der Waals surface area contributed by atoms with Crippen molar-refractivity contribution in [1.29, 1.82) is 0 Å². The maximum Gasteiger partial charge on any atom is 0.573 e. The molecule has 204 valence electrons. The molecule has 3 aromatic rings. The van der Waals surface area contributed by atoms with Gasteiger partial charge in [0.2, 0.25) is 0 Å². The van der Waals surface area contributed by atoms with Crippen molar-refractivity contribution in [2.24, 2.45) is 0 Å². The van der Waals surface area contributed by atoms with Gasteiger partial charge in [0.15, 0.2) is 0 Å². The summed E-state index contributed by atoms with van der Waals surface area (Å²) >= 11 is 12.3. The summed E-state index contributed by atoms with van der Waals surface area (Å²) in [5, 5.41) is 4.14. The highest BCUT2D eigenvalue weighted by molar-refractivity contribution is 6.42. The van der Waals surface area contributed by atoms with E-state index in [0.29, 0.717) is 27.6 Å². The van der Waals surface area contributed by atoms with Crippen molar-refractivity contribution in [2.75, 3.05) is 6.54 Å². The average molecular weight is 572 g/mol. The first kappa shape index (κ1) is 30.1. The van der Waals surface area contributed by atoms with Crippen molar-refractivity contribution < 1.29 is 17.9 Å². The van der Waals surface area contributed by atoms with Crippen LogP contribution in [0.5, 0.6) is 5.75 Å². The van der Waals surface area contributed by atoms with Crippen LogP contribution in [-0.4, -0.2) is 12.9 Å². The first-order valence-corrected chi connectivity index (χ1v) is 13.0. The van der Waals surface area contributed by atoms with E-state index in [0.717, 1.165) is 46.5 Å². The smallest absolute Gasteiger partial charge is 0.406 e. The number of ether oxygens (including phenoxy) is 1. The molecule has 0 aliphatic carbocycles. The molecule has 7 heteroatoms. The van der Waals surface area contributed by atoms with Crippen molar-refractivity contribution in [3.05, 3.63) is 131 Å². The van der Waals surface area contributed by atoms with E-state index in [2.05, 4.69) is 36.4 Å². The number of nitrogens with one attached hydrogen (secondary N) is 1. The third-order valence-corrected chi connectivity index (χ3v) is 6.93. The van der Waals surface area contributed by atoms with E-state index in [4.69, 9.17) is 23.2 Å². The topological polar surface area (TPSA) is 21.3 Å². The molecule has 0 saturated heterocycles. The van der Waals surface area contributed by atoms with Crippen LogP contribution in [0.3, 0.4) is 0 Å². The lowest BCUT2D eigenvalue weighted by Crippen LogP contribution is -2.17. The average Bonchev–Trinajstić information content (AvgIpc) is 2.87. The summed E-state index contributed by atoms with van der Waals surface area (Å²) in [6.45, 7) is 19.3. The summed E-state index contributed by atoms with van der Waals surface area (Å²) in [5.41, 5.74) is 6.44. The molecule has 0 aliphatic rings. The molecule has 2 nitrogen and oxygen atoms in total. The number of halogens is 5. The molecule has 3 rings (SSSR count). The number of rotatable bonds is 12. The van der Waals surface area contributed by atoms with Crippen LogP contribution >= 0.6 is 23.2 Å². The molecule has 0 aromatic heterocycles. The van der Waals surface area contributed by atoms with E-state index in [9.17, 15) is 13.2 Å². The molecule has 3 aromatic carbocycles. The minimum absolute atomic E-state index is 0.299. The van der Waals surface area contributed by atoms with Gasteiger partial charge in [-0.3, -0.25) is 0 Å². The molecular formula is C32H30Cl2F3NO. The van der Waals surface area contributed by atoms with Crippen LogP contribution < -0.4 is 10.1 Å². The minimum atomic E-state index is -4.79. The molecule has 1 unspecified atom stereocenters. The number of allylic oxidation sites excluding steroid dienone is 2. The monoisotopic (exact) mass is 571 g/mol. The van der Waals surface area contributed by atoms with Gasteiger partial charge in [-0.15, -0.1) is 19.8 Å². The first-order chi connectivity index (χ1) is 18.3. The molecule has 0 aliphatic heterocycles. The zero-order chi connectivity index (χ0) is 28.7. The van der Waals surface area contributed by atoms with E-state index < -0.39 is 6.36 Å². The van der Waals surface area contributed by atoms with Crippen LogP contribution in [0.2, 0.25) is 10.0 Å². The van der Waals surface area contributed by atoms with Crippen LogP contribution in [0.4, 0.5) is 13.2 Å². The van der Waals surface area contributed by atoms with Crippen LogP contribution in [0.15, 0.2) is 98.6 Å². The molecule has 0 amide bonds. The molecule has 0 spiro atoms. The molecule has 0 fully saturated rings. The Morgan fingerprint density at radius 2 is 1.54 bits per heavy atom. The Balaban J connectivity index is 1.92. The third kappa shape index (κ3) is 8.81. The number of benzene rings is 3. The molecule has 0 heterocycles. The summed E-state index contributed by atoms with van der Waals surface area (Å²) in [6.07, 6.45) is -3.51.